The minimum absolute atomic E-state index is 0.0684. The number of halogens is 8. The highest BCUT2D eigenvalue weighted by molar-refractivity contribution is 5.87. The van der Waals surface area contributed by atoms with Gasteiger partial charge >= 0.3 is 23.9 Å². The molecule has 0 bridgehead atoms. The van der Waals surface area contributed by atoms with Gasteiger partial charge in [0.2, 0.25) is 0 Å². The molecule has 22 nitrogen and oxygen atoms in total. The quantitative estimate of drug-likeness (QED) is 0.0134. The number of carbonyl (C=O) groups is 4. The van der Waals surface area contributed by atoms with Crippen molar-refractivity contribution in [2.75, 3.05) is 76.3 Å². The van der Waals surface area contributed by atoms with E-state index in [0.29, 0.717) is 48.4 Å². The van der Waals surface area contributed by atoms with E-state index in [2.05, 4.69) is 31.2 Å². The highest BCUT2D eigenvalue weighted by atomic mass is 19.3. The van der Waals surface area contributed by atoms with Crippen molar-refractivity contribution in [1.82, 2.24) is 30.4 Å². The molecule has 4 aromatic carbocycles. The molecule has 4 heterocycles. The van der Waals surface area contributed by atoms with Crippen molar-refractivity contribution in [3.8, 4) is 0 Å². The Hall–Kier alpha value is -7.52. The predicted molar refractivity (Wildman–Crippen MR) is 328 cm³/mol. The van der Waals surface area contributed by atoms with Crippen molar-refractivity contribution in [3.63, 3.8) is 0 Å². The molecule has 0 unspecified atom stereocenters. The Kier molecular flexibility index (Phi) is 25.7. The number of aliphatic hydroxyl groups excluding tert-OH is 6. The molecular formula is C64H80F8N8O14. The van der Waals surface area contributed by atoms with E-state index < -0.39 is 170 Å². The number of hydrogen-bond donors (Lipinski definition) is 14. The number of H-pyrrole nitrogens is 2. The van der Waals surface area contributed by atoms with E-state index in [9.17, 15) is 67.4 Å². The molecule has 0 saturated heterocycles. The van der Waals surface area contributed by atoms with Gasteiger partial charge in [-0.25, -0.2) is 54.3 Å². The van der Waals surface area contributed by atoms with Gasteiger partial charge in [-0.15, -0.1) is 0 Å². The monoisotopic (exact) mass is 1340 g/mol. The van der Waals surface area contributed by atoms with Gasteiger partial charge in [-0.1, -0.05) is 63.1 Å². The van der Waals surface area contributed by atoms with Gasteiger partial charge in [-0.05, 0) is 100 Å². The topological polar surface area (TPSA) is 335 Å². The van der Waals surface area contributed by atoms with Gasteiger partial charge in [0.05, 0.1) is 37.3 Å². The van der Waals surface area contributed by atoms with Gasteiger partial charge in [0.25, 0.3) is 11.8 Å². The highest BCUT2D eigenvalue weighted by Gasteiger charge is 2.46. The van der Waals surface area contributed by atoms with E-state index in [1.165, 1.54) is 9.80 Å². The van der Waals surface area contributed by atoms with Gasteiger partial charge in [0.1, 0.15) is 49.7 Å². The molecule has 2 aliphatic rings. The number of aliphatic hydroxyl groups is 6. The lowest BCUT2D eigenvalue weighted by Crippen LogP contribution is -2.49. The van der Waals surface area contributed by atoms with Gasteiger partial charge in [0.15, 0.2) is 24.4 Å². The second kappa shape index (κ2) is 32.8. The first-order chi connectivity index (χ1) is 44.5. The maximum atomic E-state index is 16.1. The summed E-state index contributed by atoms with van der Waals surface area (Å²) in [7, 11) is 0. The number of aromatic nitrogens is 2. The molecule has 14 N–H and O–H groups in total. The van der Waals surface area contributed by atoms with Crippen molar-refractivity contribution in [3.05, 3.63) is 130 Å². The molecule has 516 valence electrons. The zero-order valence-corrected chi connectivity index (χ0v) is 52.0. The number of esters is 2. The second-order valence-corrected chi connectivity index (χ2v) is 23.6. The minimum atomic E-state index is -3.55. The van der Waals surface area contributed by atoms with Crippen LogP contribution in [0.15, 0.2) is 72.8 Å². The van der Waals surface area contributed by atoms with Crippen LogP contribution in [0.2, 0.25) is 0 Å². The molecule has 2 aliphatic heterocycles. The number of carbonyl (C=O) groups excluding carboxylic acids is 2. The van der Waals surface area contributed by atoms with E-state index >= 15 is 17.6 Å². The van der Waals surface area contributed by atoms with Crippen LogP contribution in [-0.4, -0.2) is 211 Å². The SMILES string of the molecule is CCCCNC[C@@H](COC(=O)[C@H](O)[C@@H](O)C(=O)O)Nc1cc(F)c([C@@H]2c3[nH]c4ccccc4c3C[C@@H](C)N2CC(F)(F)CO)c(F)c1.CCCCNC[C@H](COC(=O)[C@H](O)[C@@H](O)C(=O)O)Nc1cc(F)c([C@@H]2c3[nH]c4ccccc4c3C[C@@H](C)N2CC(F)(F)CO)c(F)c1. The molecule has 94 heavy (non-hydrogen) atoms. The molecule has 0 aliphatic carbocycles. The number of rotatable bonds is 32. The summed E-state index contributed by atoms with van der Waals surface area (Å²) in [4.78, 5) is 55.0. The van der Waals surface area contributed by atoms with E-state index in [-0.39, 0.29) is 24.5 Å². The van der Waals surface area contributed by atoms with Crippen molar-refractivity contribution in [2.45, 2.75) is 139 Å². The highest BCUT2D eigenvalue weighted by Crippen LogP contribution is 2.46. The average Bonchev–Trinajstić information content (AvgIpc) is 1.49. The summed E-state index contributed by atoms with van der Waals surface area (Å²) in [6, 6.07) is 13.0. The number of aromatic amines is 2. The maximum absolute atomic E-state index is 16.1. The number of ether oxygens (including phenoxy) is 2. The summed E-state index contributed by atoms with van der Waals surface area (Å²) in [6.07, 6.45) is -5.55. The molecule has 30 heteroatoms. The Morgan fingerprint density at radius 2 is 0.915 bits per heavy atom. The molecule has 0 spiro atoms. The van der Waals surface area contributed by atoms with Gasteiger partial charge in [-0.2, -0.15) is 0 Å². The van der Waals surface area contributed by atoms with Crippen molar-refractivity contribution >= 4 is 57.1 Å². The van der Waals surface area contributed by atoms with Crippen LogP contribution in [0.1, 0.15) is 99.1 Å². The van der Waals surface area contributed by atoms with Crippen LogP contribution < -0.4 is 21.3 Å². The van der Waals surface area contributed by atoms with E-state index in [1.54, 1.807) is 38.1 Å². The largest absolute Gasteiger partial charge is 0.479 e. The van der Waals surface area contributed by atoms with Crippen molar-refractivity contribution < 1.29 is 105 Å². The number of benzene rings is 4. The normalized spacial score (nSPS) is 18.8. The fraction of sp³-hybridized carbons (Fsp3) is 0.500. The first kappa shape index (κ1) is 73.9. The molecule has 0 fully saturated rings. The summed E-state index contributed by atoms with van der Waals surface area (Å²) in [5.74, 6) is -17.7. The number of unbranched alkanes of at least 4 members (excludes halogenated alkanes) is 2. The van der Waals surface area contributed by atoms with Crippen LogP contribution in [0, 0.1) is 23.3 Å². The standard InChI is InChI=1S/2C32H40F4N4O7/c2*1-3-4-9-37-13-19(14-47-31(46)29(43)28(42)30(44)45)38-18-11-22(33)25(23(34)12-18)27-26-21(20-7-5-6-8-24(20)39-26)10-17(2)40(27)15-32(35,36)16-41/h2*5-8,11-12,17,19,27-29,37-39,41-43H,3-4,9-10,13-16H2,1-2H3,(H,44,45)/t17-,19+,27-,28-,29-;17-,19-,27-,28-,29-/m11/s1. The number of fused-ring (bicyclic) bond motifs is 6. The number of nitrogens with one attached hydrogen (secondary N) is 6. The fourth-order valence-corrected chi connectivity index (χ4v) is 11.6. The minimum Gasteiger partial charge on any atom is -0.479 e. The summed E-state index contributed by atoms with van der Waals surface area (Å²) in [5, 5.41) is 88.3. The van der Waals surface area contributed by atoms with Crippen LogP contribution in [-0.2, 0) is 41.5 Å². The number of aliphatic carboxylic acids is 2. The smallest absolute Gasteiger partial charge is 0.338 e. The number of carboxylic acid groups (broad SMARTS) is 2. The Balaban J connectivity index is 0.000000266. The van der Waals surface area contributed by atoms with Crippen molar-refractivity contribution in [1.29, 1.82) is 0 Å². The van der Waals surface area contributed by atoms with Gasteiger partial charge < -0.3 is 81.6 Å². The van der Waals surface area contributed by atoms with E-state index in [1.807, 2.05) is 38.1 Å². The Morgan fingerprint density at radius 3 is 1.23 bits per heavy atom. The molecule has 0 amide bonds. The molecule has 0 saturated carbocycles. The van der Waals surface area contributed by atoms with Crippen LogP contribution in [0.5, 0.6) is 0 Å². The third kappa shape index (κ3) is 18.1. The number of alkyl halides is 4. The van der Waals surface area contributed by atoms with E-state index in [0.717, 1.165) is 71.8 Å². The third-order valence-corrected chi connectivity index (χ3v) is 16.4. The average molecular weight is 1340 g/mol. The lowest BCUT2D eigenvalue weighted by molar-refractivity contribution is -0.170. The molecule has 2 aromatic heterocycles. The van der Waals surface area contributed by atoms with Crippen LogP contribution >= 0.6 is 0 Å². The number of nitrogens with zero attached hydrogens (tertiary/aromatic N) is 2. The zero-order valence-electron chi connectivity index (χ0n) is 52.0. The van der Waals surface area contributed by atoms with Crippen LogP contribution in [0.4, 0.5) is 46.5 Å². The Labute approximate surface area is 535 Å². The number of hydrogen-bond acceptors (Lipinski definition) is 18. The Morgan fingerprint density at radius 1 is 0.574 bits per heavy atom. The van der Waals surface area contributed by atoms with Crippen molar-refractivity contribution in [2.24, 2.45) is 0 Å². The fourth-order valence-electron chi connectivity index (χ4n) is 11.6. The van der Waals surface area contributed by atoms with E-state index in [4.69, 9.17) is 19.7 Å². The molecule has 8 rings (SSSR count). The van der Waals surface area contributed by atoms with Crippen LogP contribution in [0.3, 0.4) is 0 Å². The second-order valence-electron chi connectivity index (χ2n) is 23.6. The molecular weight excluding hydrogens is 1260 g/mol. The predicted octanol–water partition coefficient (Wildman–Crippen LogP) is 5.86. The third-order valence-electron chi connectivity index (χ3n) is 16.4. The molecule has 10 atom stereocenters. The number of carboxylic acids is 2. The number of anilines is 2. The summed E-state index contributed by atoms with van der Waals surface area (Å²) in [5.41, 5.74) is 2.50. The first-order valence-electron chi connectivity index (χ1n) is 30.7. The first-order valence-corrected chi connectivity index (χ1v) is 30.7. The summed E-state index contributed by atoms with van der Waals surface area (Å²) >= 11 is 0. The lowest BCUT2D eigenvalue weighted by atomic mass is 9.87. The summed E-state index contributed by atoms with van der Waals surface area (Å²) in [6.45, 7) is 2.92. The van der Waals surface area contributed by atoms with Gasteiger partial charge in [-0.3, -0.25) is 9.80 Å². The maximum Gasteiger partial charge on any atom is 0.338 e. The Bertz CT molecular complexity index is 3290. The van der Waals surface area contributed by atoms with Gasteiger partial charge in [0, 0.05) is 80.9 Å². The molecule has 0 radical (unpaired) electrons. The lowest BCUT2D eigenvalue weighted by Gasteiger charge is -2.42. The zero-order chi connectivity index (χ0) is 68.9. The molecule has 6 aromatic rings. The summed E-state index contributed by atoms with van der Waals surface area (Å²) < 4.78 is 133. The number of para-hydroxylation sites is 2. The van der Waals surface area contributed by atoms with Crippen LogP contribution in [0.25, 0.3) is 21.8 Å².